The highest BCUT2D eigenvalue weighted by Gasteiger charge is 2.06. The van der Waals surface area contributed by atoms with E-state index < -0.39 is 0 Å². The Kier molecular flexibility index (Phi) is 4.98. The lowest BCUT2D eigenvalue weighted by atomic mass is 10.1. The van der Waals surface area contributed by atoms with E-state index in [9.17, 15) is 0 Å². The van der Waals surface area contributed by atoms with Gasteiger partial charge in [0.2, 0.25) is 0 Å². The van der Waals surface area contributed by atoms with Crippen LogP contribution in [0, 0.1) is 6.92 Å². The van der Waals surface area contributed by atoms with Crippen molar-refractivity contribution in [3.63, 3.8) is 0 Å². The topological polar surface area (TPSA) is 53.1 Å². The standard InChI is InChI=1S/C15H21N3O/c1-13-4-2-5-14(6-7-16)15(13)19-11-3-9-18-10-8-17-12-18/h2,4-5,8,10,12H,3,6-7,9,11,16H2,1H3. The summed E-state index contributed by atoms with van der Waals surface area (Å²) in [6.07, 6.45) is 7.41. The predicted octanol–water partition coefficient (Wildman–Crippen LogP) is 2.16. The summed E-state index contributed by atoms with van der Waals surface area (Å²) < 4.78 is 7.99. The van der Waals surface area contributed by atoms with Gasteiger partial charge in [-0.3, -0.25) is 0 Å². The number of nitrogens with two attached hydrogens (primary N) is 1. The van der Waals surface area contributed by atoms with Gasteiger partial charge in [0.25, 0.3) is 0 Å². The summed E-state index contributed by atoms with van der Waals surface area (Å²) in [7, 11) is 0. The number of ether oxygens (including phenoxy) is 1. The number of aromatic nitrogens is 2. The van der Waals surface area contributed by atoms with Crippen molar-refractivity contribution < 1.29 is 4.74 Å². The molecule has 0 bridgehead atoms. The molecule has 0 saturated heterocycles. The van der Waals surface area contributed by atoms with E-state index >= 15 is 0 Å². The van der Waals surface area contributed by atoms with Crippen molar-refractivity contribution in [1.29, 1.82) is 0 Å². The Bertz CT molecular complexity index is 494. The first-order valence-corrected chi connectivity index (χ1v) is 6.68. The van der Waals surface area contributed by atoms with Crippen molar-refractivity contribution in [2.24, 2.45) is 5.73 Å². The van der Waals surface area contributed by atoms with Crippen molar-refractivity contribution in [2.45, 2.75) is 26.3 Å². The van der Waals surface area contributed by atoms with E-state index in [2.05, 4.69) is 34.7 Å². The van der Waals surface area contributed by atoms with Crippen LogP contribution in [0.5, 0.6) is 5.75 Å². The molecule has 2 N–H and O–H groups in total. The van der Waals surface area contributed by atoms with Crippen molar-refractivity contribution in [2.75, 3.05) is 13.2 Å². The lowest BCUT2D eigenvalue weighted by molar-refractivity contribution is 0.297. The highest BCUT2D eigenvalue weighted by Crippen LogP contribution is 2.23. The minimum atomic E-state index is 0.648. The van der Waals surface area contributed by atoms with Gasteiger partial charge in [-0.15, -0.1) is 0 Å². The van der Waals surface area contributed by atoms with Crippen LogP contribution >= 0.6 is 0 Å². The molecule has 0 aliphatic carbocycles. The zero-order valence-corrected chi connectivity index (χ0v) is 11.4. The molecular weight excluding hydrogens is 238 g/mol. The van der Waals surface area contributed by atoms with Gasteiger partial charge in [0, 0.05) is 18.9 Å². The Balaban J connectivity index is 1.88. The molecule has 0 unspecified atom stereocenters. The summed E-state index contributed by atoms with van der Waals surface area (Å²) in [5, 5.41) is 0. The van der Waals surface area contributed by atoms with Crippen LogP contribution in [-0.2, 0) is 13.0 Å². The highest BCUT2D eigenvalue weighted by atomic mass is 16.5. The summed E-state index contributed by atoms with van der Waals surface area (Å²) in [6, 6.07) is 6.22. The Hall–Kier alpha value is -1.81. The SMILES string of the molecule is Cc1cccc(CCN)c1OCCCn1ccnc1. The van der Waals surface area contributed by atoms with Crippen molar-refractivity contribution in [3.05, 3.63) is 48.0 Å². The average molecular weight is 259 g/mol. The maximum absolute atomic E-state index is 5.93. The second-order valence-corrected chi connectivity index (χ2v) is 4.60. The quantitative estimate of drug-likeness (QED) is 0.775. The Morgan fingerprint density at radius 2 is 2.26 bits per heavy atom. The normalized spacial score (nSPS) is 10.6. The van der Waals surface area contributed by atoms with E-state index in [0.29, 0.717) is 13.2 Å². The number of hydrogen-bond acceptors (Lipinski definition) is 3. The van der Waals surface area contributed by atoms with Crippen molar-refractivity contribution in [3.8, 4) is 5.75 Å². The Morgan fingerprint density at radius 3 is 3.00 bits per heavy atom. The number of rotatable bonds is 7. The molecule has 0 aliphatic rings. The van der Waals surface area contributed by atoms with Gasteiger partial charge in [0.1, 0.15) is 5.75 Å². The first-order valence-electron chi connectivity index (χ1n) is 6.68. The summed E-state index contributed by atoms with van der Waals surface area (Å²) in [6.45, 7) is 4.36. The van der Waals surface area contributed by atoms with Crippen LogP contribution in [0.1, 0.15) is 17.5 Å². The van der Waals surface area contributed by atoms with Crippen molar-refractivity contribution in [1.82, 2.24) is 9.55 Å². The van der Waals surface area contributed by atoms with E-state index in [-0.39, 0.29) is 0 Å². The minimum Gasteiger partial charge on any atom is -0.493 e. The largest absolute Gasteiger partial charge is 0.493 e. The molecule has 0 aliphatic heterocycles. The fraction of sp³-hybridized carbons (Fsp3) is 0.400. The second-order valence-electron chi connectivity index (χ2n) is 4.60. The van der Waals surface area contributed by atoms with Gasteiger partial charge in [0.15, 0.2) is 0 Å². The van der Waals surface area contributed by atoms with Crippen LogP contribution in [0.4, 0.5) is 0 Å². The first-order chi connectivity index (χ1) is 9.31. The van der Waals surface area contributed by atoms with Crippen LogP contribution in [0.2, 0.25) is 0 Å². The Morgan fingerprint density at radius 1 is 1.37 bits per heavy atom. The number of benzene rings is 1. The molecule has 0 atom stereocenters. The second kappa shape index (κ2) is 6.95. The number of hydrogen-bond donors (Lipinski definition) is 1. The van der Waals surface area contributed by atoms with E-state index in [1.807, 2.05) is 12.5 Å². The number of imidazole rings is 1. The maximum atomic E-state index is 5.93. The van der Waals surface area contributed by atoms with Crippen LogP contribution in [0.3, 0.4) is 0 Å². The van der Waals surface area contributed by atoms with Crippen LogP contribution < -0.4 is 10.5 Å². The summed E-state index contributed by atoms with van der Waals surface area (Å²) >= 11 is 0. The van der Waals surface area contributed by atoms with Crippen LogP contribution in [-0.4, -0.2) is 22.7 Å². The molecule has 102 valence electrons. The molecule has 4 nitrogen and oxygen atoms in total. The van der Waals surface area contributed by atoms with E-state index in [1.165, 1.54) is 11.1 Å². The fourth-order valence-corrected chi connectivity index (χ4v) is 2.11. The zero-order valence-electron chi connectivity index (χ0n) is 11.4. The molecule has 4 heteroatoms. The van der Waals surface area contributed by atoms with Gasteiger partial charge in [-0.2, -0.15) is 0 Å². The third-order valence-electron chi connectivity index (χ3n) is 3.07. The molecule has 0 radical (unpaired) electrons. The number of aryl methyl sites for hydroxylation is 2. The Labute approximate surface area is 114 Å². The lowest BCUT2D eigenvalue weighted by Gasteiger charge is -2.13. The van der Waals surface area contributed by atoms with E-state index in [1.54, 1.807) is 6.20 Å². The average Bonchev–Trinajstić information content (AvgIpc) is 2.90. The molecule has 1 heterocycles. The first kappa shape index (κ1) is 13.6. The lowest BCUT2D eigenvalue weighted by Crippen LogP contribution is -2.08. The maximum Gasteiger partial charge on any atom is 0.125 e. The number of nitrogens with zero attached hydrogens (tertiary/aromatic N) is 2. The van der Waals surface area contributed by atoms with Gasteiger partial charge in [-0.05, 0) is 37.4 Å². The van der Waals surface area contributed by atoms with E-state index in [4.69, 9.17) is 10.5 Å². The molecular formula is C15H21N3O. The predicted molar refractivity (Wildman–Crippen MR) is 76.3 cm³/mol. The third-order valence-corrected chi connectivity index (χ3v) is 3.07. The fourth-order valence-electron chi connectivity index (χ4n) is 2.11. The van der Waals surface area contributed by atoms with Gasteiger partial charge in [0.05, 0.1) is 12.9 Å². The minimum absolute atomic E-state index is 0.648. The van der Waals surface area contributed by atoms with Gasteiger partial charge in [-0.25, -0.2) is 4.98 Å². The molecule has 2 rings (SSSR count). The molecule has 0 spiro atoms. The molecule has 0 amide bonds. The molecule has 1 aromatic carbocycles. The van der Waals surface area contributed by atoms with Crippen LogP contribution in [0.15, 0.2) is 36.9 Å². The van der Waals surface area contributed by atoms with Crippen LogP contribution in [0.25, 0.3) is 0 Å². The third kappa shape index (κ3) is 3.83. The molecule has 0 saturated carbocycles. The molecule has 19 heavy (non-hydrogen) atoms. The number of para-hydroxylation sites is 1. The summed E-state index contributed by atoms with van der Waals surface area (Å²) in [5.74, 6) is 0.999. The summed E-state index contributed by atoms with van der Waals surface area (Å²) in [4.78, 5) is 4.02. The molecule has 2 aromatic rings. The monoisotopic (exact) mass is 259 g/mol. The van der Waals surface area contributed by atoms with Crippen molar-refractivity contribution >= 4 is 0 Å². The zero-order chi connectivity index (χ0) is 13.5. The van der Waals surface area contributed by atoms with Gasteiger partial charge < -0.3 is 15.0 Å². The smallest absolute Gasteiger partial charge is 0.125 e. The van der Waals surface area contributed by atoms with Gasteiger partial charge in [-0.1, -0.05) is 18.2 Å². The molecule has 1 aromatic heterocycles. The van der Waals surface area contributed by atoms with E-state index in [0.717, 1.165) is 25.1 Å². The summed E-state index contributed by atoms with van der Waals surface area (Å²) in [5.41, 5.74) is 8.01. The molecule has 0 fully saturated rings. The van der Waals surface area contributed by atoms with Gasteiger partial charge >= 0.3 is 0 Å². The highest BCUT2D eigenvalue weighted by molar-refractivity contribution is 5.40.